The minimum atomic E-state index is -0.0887. The van der Waals surface area contributed by atoms with Gasteiger partial charge in [-0.1, -0.05) is 34.1 Å². The van der Waals surface area contributed by atoms with Crippen molar-refractivity contribution in [3.8, 4) is 11.4 Å². The van der Waals surface area contributed by atoms with Crippen molar-refractivity contribution in [3.63, 3.8) is 0 Å². The first-order valence-electron chi connectivity index (χ1n) is 5.08. The molecule has 0 saturated heterocycles. The normalized spacial score (nSPS) is 10.9. The molecule has 84 valence electrons. The number of hydrogen-bond donors (Lipinski definition) is 1. The molecule has 0 saturated carbocycles. The summed E-state index contributed by atoms with van der Waals surface area (Å²) >= 11 is 3.38. The molecular formula is C12H8BrN3O. The highest BCUT2D eigenvalue weighted by atomic mass is 79.9. The molecule has 5 heteroatoms. The van der Waals surface area contributed by atoms with E-state index in [0.717, 1.165) is 10.0 Å². The molecule has 2 aromatic heterocycles. The molecule has 0 aliphatic heterocycles. The number of nitrogens with one attached hydrogen (secondary N) is 1. The van der Waals surface area contributed by atoms with Gasteiger partial charge in [0.25, 0.3) is 5.56 Å². The molecule has 0 amide bonds. The average molecular weight is 290 g/mol. The molecule has 0 fully saturated rings. The Morgan fingerprint density at radius 3 is 2.65 bits per heavy atom. The van der Waals surface area contributed by atoms with Crippen LogP contribution in [0, 0.1) is 0 Å². The van der Waals surface area contributed by atoms with E-state index in [1.807, 2.05) is 30.3 Å². The fourth-order valence-electron chi connectivity index (χ4n) is 1.75. The molecule has 0 unspecified atom stereocenters. The number of fused-ring (bicyclic) bond motifs is 1. The van der Waals surface area contributed by atoms with Crippen molar-refractivity contribution >= 4 is 21.6 Å². The van der Waals surface area contributed by atoms with Crippen LogP contribution >= 0.6 is 15.9 Å². The van der Waals surface area contributed by atoms with Gasteiger partial charge in [0.15, 0.2) is 5.82 Å². The van der Waals surface area contributed by atoms with Crippen LogP contribution in [0.4, 0.5) is 0 Å². The molecule has 1 aromatic carbocycles. The Morgan fingerprint density at radius 2 is 1.88 bits per heavy atom. The molecule has 1 N–H and O–H groups in total. The quantitative estimate of drug-likeness (QED) is 0.748. The van der Waals surface area contributed by atoms with Gasteiger partial charge in [-0.3, -0.25) is 9.89 Å². The fourth-order valence-corrected chi connectivity index (χ4v) is 2.01. The summed E-state index contributed by atoms with van der Waals surface area (Å²) in [5.41, 5.74) is 1.50. The summed E-state index contributed by atoms with van der Waals surface area (Å²) in [5, 5.41) is 7.02. The maximum absolute atomic E-state index is 11.8. The lowest BCUT2D eigenvalue weighted by atomic mass is 10.2. The van der Waals surface area contributed by atoms with Crippen LogP contribution in [0.1, 0.15) is 0 Å². The van der Waals surface area contributed by atoms with E-state index in [0.29, 0.717) is 11.5 Å². The number of nitrogens with zero attached hydrogens (tertiary/aromatic N) is 2. The summed E-state index contributed by atoms with van der Waals surface area (Å²) in [4.78, 5) is 11.8. The van der Waals surface area contributed by atoms with E-state index in [-0.39, 0.29) is 5.56 Å². The van der Waals surface area contributed by atoms with Crippen molar-refractivity contribution in [2.24, 2.45) is 0 Å². The van der Waals surface area contributed by atoms with E-state index in [1.54, 1.807) is 10.5 Å². The number of pyridine rings is 1. The van der Waals surface area contributed by atoms with Gasteiger partial charge in [-0.05, 0) is 18.2 Å². The monoisotopic (exact) mass is 289 g/mol. The molecule has 3 rings (SSSR count). The minimum absolute atomic E-state index is 0.0887. The highest BCUT2D eigenvalue weighted by molar-refractivity contribution is 9.10. The van der Waals surface area contributed by atoms with Crippen molar-refractivity contribution in [3.05, 3.63) is 57.3 Å². The second-order valence-electron chi connectivity index (χ2n) is 3.64. The smallest absolute Gasteiger partial charge is 0.257 e. The molecule has 17 heavy (non-hydrogen) atoms. The third-order valence-electron chi connectivity index (χ3n) is 2.54. The highest BCUT2D eigenvalue weighted by Crippen LogP contribution is 2.19. The molecule has 0 radical (unpaired) electrons. The first kappa shape index (κ1) is 10.3. The van der Waals surface area contributed by atoms with Crippen LogP contribution in [0.15, 0.2) is 51.7 Å². The largest absolute Gasteiger partial charge is 0.269 e. The Labute approximate surface area is 105 Å². The maximum Gasteiger partial charge on any atom is 0.257 e. The van der Waals surface area contributed by atoms with Crippen molar-refractivity contribution in [2.45, 2.75) is 0 Å². The molecular weight excluding hydrogens is 282 g/mol. The van der Waals surface area contributed by atoms with Crippen LogP contribution in [-0.2, 0) is 0 Å². The molecule has 4 nitrogen and oxygen atoms in total. The van der Waals surface area contributed by atoms with Crippen LogP contribution < -0.4 is 5.56 Å². The molecule has 2 heterocycles. The van der Waals surface area contributed by atoms with Crippen molar-refractivity contribution in [1.29, 1.82) is 0 Å². The Balaban J connectivity index is 2.31. The first-order chi connectivity index (χ1) is 8.25. The Morgan fingerprint density at radius 1 is 1.12 bits per heavy atom. The van der Waals surface area contributed by atoms with Crippen molar-refractivity contribution in [2.75, 3.05) is 0 Å². The zero-order chi connectivity index (χ0) is 11.8. The lowest BCUT2D eigenvalue weighted by Crippen LogP contribution is -2.11. The number of halogens is 1. The predicted molar refractivity (Wildman–Crippen MR) is 68.9 cm³/mol. The van der Waals surface area contributed by atoms with Gasteiger partial charge in [-0.2, -0.15) is 5.10 Å². The van der Waals surface area contributed by atoms with Gasteiger partial charge in [0.05, 0.1) is 0 Å². The van der Waals surface area contributed by atoms with Gasteiger partial charge in [0.1, 0.15) is 5.65 Å². The Kier molecular flexibility index (Phi) is 2.33. The van der Waals surface area contributed by atoms with Crippen LogP contribution in [0.2, 0.25) is 0 Å². The summed E-state index contributed by atoms with van der Waals surface area (Å²) in [6.45, 7) is 0. The molecule has 0 aliphatic carbocycles. The van der Waals surface area contributed by atoms with Gasteiger partial charge in [-0.25, -0.2) is 4.40 Å². The van der Waals surface area contributed by atoms with Gasteiger partial charge in [0, 0.05) is 16.1 Å². The topological polar surface area (TPSA) is 50.2 Å². The number of H-pyrrole nitrogens is 1. The number of aromatic amines is 1. The number of rotatable bonds is 1. The third-order valence-corrected chi connectivity index (χ3v) is 3.07. The first-order valence-corrected chi connectivity index (χ1v) is 5.87. The van der Waals surface area contributed by atoms with Crippen LogP contribution in [-0.4, -0.2) is 14.6 Å². The van der Waals surface area contributed by atoms with E-state index >= 15 is 0 Å². The molecule has 0 aliphatic rings. The number of benzene rings is 1. The van der Waals surface area contributed by atoms with Crippen LogP contribution in [0.5, 0.6) is 0 Å². The second-order valence-corrected chi connectivity index (χ2v) is 4.55. The average Bonchev–Trinajstić information content (AvgIpc) is 2.75. The van der Waals surface area contributed by atoms with Gasteiger partial charge in [0.2, 0.25) is 0 Å². The summed E-state index contributed by atoms with van der Waals surface area (Å²) < 4.78 is 2.55. The van der Waals surface area contributed by atoms with E-state index < -0.39 is 0 Å². The van der Waals surface area contributed by atoms with Gasteiger partial charge in [-0.15, -0.1) is 0 Å². The van der Waals surface area contributed by atoms with E-state index in [4.69, 9.17) is 0 Å². The lowest BCUT2D eigenvalue weighted by Gasteiger charge is -1.99. The molecule has 0 spiro atoms. The standard InChI is InChI=1S/C12H8BrN3O/c13-9-6-4-8(5-7-9)12-15-14-10-2-1-3-11(17)16(10)12/h1-7,14H. The fraction of sp³-hybridized carbons (Fsp3) is 0. The van der Waals surface area contributed by atoms with Crippen LogP contribution in [0.25, 0.3) is 17.0 Å². The van der Waals surface area contributed by atoms with E-state index in [1.165, 1.54) is 6.07 Å². The number of aromatic nitrogens is 3. The second kappa shape index (κ2) is 3.85. The predicted octanol–water partition coefficient (Wildman–Crippen LogP) is 2.45. The summed E-state index contributed by atoms with van der Waals surface area (Å²) in [7, 11) is 0. The Bertz CT molecular complexity index is 727. The van der Waals surface area contributed by atoms with E-state index in [2.05, 4.69) is 26.1 Å². The zero-order valence-electron chi connectivity index (χ0n) is 8.72. The van der Waals surface area contributed by atoms with Gasteiger partial charge < -0.3 is 0 Å². The lowest BCUT2D eigenvalue weighted by molar-refractivity contribution is 1.09. The van der Waals surface area contributed by atoms with E-state index in [9.17, 15) is 4.79 Å². The SMILES string of the molecule is O=c1cccc2[nH]nc(-c3ccc(Br)cc3)n12. The Hall–Kier alpha value is -1.88. The number of hydrogen-bond acceptors (Lipinski definition) is 2. The minimum Gasteiger partial charge on any atom is -0.269 e. The molecule has 0 atom stereocenters. The zero-order valence-corrected chi connectivity index (χ0v) is 10.3. The molecule has 3 aromatic rings. The van der Waals surface area contributed by atoms with Gasteiger partial charge >= 0.3 is 0 Å². The highest BCUT2D eigenvalue weighted by Gasteiger charge is 2.08. The summed E-state index contributed by atoms with van der Waals surface area (Å²) in [6.07, 6.45) is 0. The summed E-state index contributed by atoms with van der Waals surface area (Å²) in [6, 6.07) is 12.7. The maximum atomic E-state index is 11.8. The summed E-state index contributed by atoms with van der Waals surface area (Å²) in [5.74, 6) is 0.623. The van der Waals surface area contributed by atoms with Crippen molar-refractivity contribution < 1.29 is 0 Å². The third kappa shape index (κ3) is 1.68. The molecule has 0 bridgehead atoms. The van der Waals surface area contributed by atoms with Crippen LogP contribution in [0.3, 0.4) is 0 Å². The van der Waals surface area contributed by atoms with Crippen molar-refractivity contribution in [1.82, 2.24) is 14.6 Å².